The summed E-state index contributed by atoms with van der Waals surface area (Å²) in [5.41, 5.74) is -0.197. The first-order valence-corrected chi connectivity index (χ1v) is 3.75. The van der Waals surface area contributed by atoms with Gasteiger partial charge in [-0.3, -0.25) is 14.3 Å². The molecule has 0 saturated carbocycles. The third kappa shape index (κ3) is 2.19. The molecule has 0 spiro atoms. The molecule has 0 fully saturated rings. The number of nitrogens with zero attached hydrogens (tertiary/aromatic N) is 1. The first-order chi connectivity index (χ1) is 6.15. The number of H-pyrrole nitrogens is 1. The number of carboxylic acid groups (broad SMARTS) is 1. The Morgan fingerprint density at radius 1 is 1.62 bits per heavy atom. The molecule has 0 amide bonds. The van der Waals surface area contributed by atoms with Crippen molar-refractivity contribution in [3.05, 3.63) is 22.1 Å². The Kier molecular flexibility index (Phi) is 2.86. The fraction of sp³-hybridized carbons (Fsp3) is 0.429. The zero-order valence-electron chi connectivity index (χ0n) is 6.86. The molecule has 1 heterocycles. The van der Waals surface area contributed by atoms with Crippen LogP contribution in [0.3, 0.4) is 0 Å². The van der Waals surface area contributed by atoms with Gasteiger partial charge in [-0.2, -0.15) is 0 Å². The van der Waals surface area contributed by atoms with Crippen LogP contribution in [-0.4, -0.2) is 32.6 Å². The Morgan fingerprint density at radius 2 is 2.31 bits per heavy atom. The van der Waals surface area contributed by atoms with E-state index in [0.29, 0.717) is 0 Å². The van der Waals surface area contributed by atoms with Gasteiger partial charge >= 0.3 is 5.97 Å². The molecular formula is C7H10N2O4. The van der Waals surface area contributed by atoms with Crippen molar-refractivity contribution in [1.29, 1.82) is 0 Å². The quantitative estimate of drug-likeness (QED) is 0.550. The van der Waals surface area contributed by atoms with Crippen molar-refractivity contribution in [2.24, 2.45) is 0 Å². The molecule has 3 N–H and O–H groups in total. The predicted octanol–water partition coefficient (Wildman–Crippen LogP) is -1.20. The summed E-state index contributed by atoms with van der Waals surface area (Å²) in [6.07, 6.45) is 1.04. The monoisotopic (exact) mass is 186 g/mol. The van der Waals surface area contributed by atoms with Crippen LogP contribution in [0, 0.1) is 0 Å². The minimum absolute atomic E-state index is 0.151. The molecule has 0 saturated heterocycles. The summed E-state index contributed by atoms with van der Waals surface area (Å²) in [7, 11) is 0. The van der Waals surface area contributed by atoms with Crippen molar-refractivity contribution in [3.8, 4) is 0 Å². The van der Waals surface area contributed by atoms with Crippen molar-refractivity contribution >= 4 is 5.97 Å². The van der Waals surface area contributed by atoms with E-state index in [-0.39, 0.29) is 25.1 Å². The highest BCUT2D eigenvalue weighted by Crippen LogP contribution is 1.90. The van der Waals surface area contributed by atoms with E-state index >= 15 is 0 Å². The zero-order valence-corrected chi connectivity index (χ0v) is 6.86. The predicted molar refractivity (Wildman–Crippen MR) is 43.5 cm³/mol. The maximum absolute atomic E-state index is 11.3. The van der Waals surface area contributed by atoms with Gasteiger partial charge in [-0.05, 0) is 0 Å². The van der Waals surface area contributed by atoms with Crippen LogP contribution in [0.5, 0.6) is 0 Å². The SMILES string of the molecule is O=C(O)Cc1c[nH]n(CCO)c1=O. The summed E-state index contributed by atoms with van der Waals surface area (Å²) in [5.74, 6) is -1.05. The standard InChI is InChI=1S/C7H10N2O4/c10-2-1-9-7(13)5(4-8-9)3-6(11)12/h4,8,10H,1-3H2,(H,11,12). The maximum atomic E-state index is 11.3. The lowest BCUT2D eigenvalue weighted by Gasteiger charge is -1.94. The molecule has 6 nitrogen and oxygen atoms in total. The number of aromatic nitrogens is 2. The number of carboxylic acids is 1. The smallest absolute Gasteiger partial charge is 0.308 e. The Balaban J connectivity index is 2.86. The topological polar surface area (TPSA) is 95.3 Å². The van der Waals surface area contributed by atoms with Gasteiger partial charge < -0.3 is 15.3 Å². The second-order valence-electron chi connectivity index (χ2n) is 2.55. The summed E-state index contributed by atoms with van der Waals surface area (Å²) in [6.45, 7) is -0.00855. The fourth-order valence-electron chi connectivity index (χ4n) is 1.01. The minimum atomic E-state index is -1.05. The van der Waals surface area contributed by atoms with Crippen molar-refractivity contribution in [2.75, 3.05) is 6.61 Å². The normalized spacial score (nSPS) is 10.2. The lowest BCUT2D eigenvalue weighted by Crippen LogP contribution is -2.22. The molecule has 0 bridgehead atoms. The number of hydrogen-bond acceptors (Lipinski definition) is 3. The molecule has 0 unspecified atom stereocenters. The van der Waals surface area contributed by atoms with E-state index in [1.807, 2.05) is 0 Å². The molecule has 0 aliphatic carbocycles. The largest absolute Gasteiger partial charge is 0.481 e. The van der Waals surface area contributed by atoms with Gasteiger partial charge in [0.1, 0.15) is 0 Å². The van der Waals surface area contributed by atoms with Gasteiger partial charge in [0.2, 0.25) is 0 Å². The Morgan fingerprint density at radius 3 is 2.85 bits per heavy atom. The van der Waals surface area contributed by atoms with E-state index in [1.165, 1.54) is 6.20 Å². The highest BCUT2D eigenvalue weighted by atomic mass is 16.4. The molecule has 1 aromatic rings. The highest BCUT2D eigenvalue weighted by Gasteiger charge is 2.08. The van der Waals surface area contributed by atoms with Gasteiger partial charge in [0.15, 0.2) is 0 Å². The van der Waals surface area contributed by atoms with Gasteiger partial charge in [0.05, 0.1) is 19.6 Å². The van der Waals surface area contributed by atoms with Crippen LogP contribution in [0.2, 0.25) is 0 Å². The van der Waals surface area contributed by atoms with Crippen LogP contribution in [0.15, 0.2) is 11.0 Å². The van der Waals surface area contributed by atoms with Crippen LogP contribution in [-0.2, 0) is 17.8 Å². The summed E-state index contributed by atoms with van der Waals surface area (Å²) >= 11 is 0. The molecular weight excluding hydrogens is 176 g/mol. The third-order valence-corrected chi connectivity index (χ3v) is 1.58. The molecule has 72 valence electrons. The number of aliphatic hydroxyl groups excluding tert-OH is 1. The van der Waals surface area contributed by atoms with Crippen molar-refractivity contribution in [2.45, 2.75) is 13.0 Å². The van der Waals surface area contributed by atoms with Crippen molar-refractivity contribution < 1.29 is 15.0 Å². The Labute approximate surface area is 73.4 Å². The van der Waals surface area contributed by atoms with Crippen molar-refractivity contribution in [1.82, 2.24) is 9.78 Å². The number of aliphatic carboxylic acids is 1. The van der Waals surface area contributed by atoms with E-state index in [1.54, 1.807) is 0 Å². The van der Waals surface area contributed by atoms with Crippen LogP contribution < -0.4 is 5.56 Å². The number of rotatable bonds is 4. The number of carbonyl (C=O) groups is 1. The lowest BCUT2D eigenvalue weighted by atomic mass is 10.2. The number of hydrogen-bond donors (Lipinski definition) is 3. The summed E-state index contributed by atoms with van der Waals surface area (Å²) in [5, 5.41) is 19.5. The van der Waals surface area contributed by atoms with Crippen LogP contribution in [0.4, 0.5) is 0 Å². The minimum Gasteiger partial charge on any atom is -0.481 e. The number of aliphatic hydroxyl groups is 1. The molecule has 0 radical (unpaired) electrons. The maximum Gasteiger partial charge on any atom is 0.308 e. The van der Waals surface area contributed by atoms with Crippen LogP contribution in [0.1, 0.15) is 5.56 Å². The van der Waals surface area contributed by atoms with E-state index < -0.39 is 11.5 Å². The molecule has 13 heavy (non-hydrogen) atoms. The average Bonchev–Trinajstić information content (AvgIpc) is 2.36. The fourth-order valence-corrected chi connectivity index (χ4v) is 1.01. The summed E-state index contributed by atoms with van der Waals surface area (Å²) in [6, 6.07) is 0. The lowest BCUT2D eigenvalue weighted by molar-refractivity contribution is -0.136. The average molecular weight is 186 g/mol. The second-order valence-corrected chi connectivity index (χ2v) is 2.55. The first-order valence-electron chi connectivity index (χ1n) is 3.75. The van der Waals surface area contributed by atoms with Gasteiger partial charge in [0.25, 0.3) is 5.56 Å². The first kappa shape index (κ1) is 9.53. The van der Waals surface area contributed by atoms with E-state index in [2.05, 4.69) is 5.10 Å². The summed E-state index contributed by atoms with van der Waals surface area (Å²) in [4.78, 5) is 21.5. The molecule has 0 atom stereocenters. The molecule has 1 rings (SSSR count). The van der Waals surface area contributed by atoms with Gasteiger partial charge in [-0.1, -0.05) is 0 Å². The van der Waals surface area contributed by atoms with E-state index in [0.717, 1.165) is 4.68 Å². The zero-order chi connectivity index (χ0) is 9.84. The Bertz CT molecular complexity index is 352. The third-order valence-electron chi connectivity index (χ3n) is 1.58. The number of nitrogens with one attached hydrogen (secondary N) is 1. The molecule has 0 aromatic carbocycles. The van der Waals surface area contributed by atoms with Gasteiger partial charge in [0, 0.05) is 11.8 Å². The molecule has 1 aromatic heterocycles. The summed E-state index contributed by atoms with van der Waals surface area (Å²) < 4.78 is 1.16. The number of aromatic amines is 1. The molecule has 0 aliphatic heterocycles. The van der Waals surface area contributed by atoms with Crippen molar-refractivity contribution in [3.63, 3.8) is 0 Å². The van der Waals surface area contributed by atoms with E-state index in [9.17, 15) is 9.59 Å². The van der Waals surface area contributed by atoms with E-state index in [4.69, 9.17) is 10.2 Å². The highest BCUT2D eigenvalue weighted by molar-refractivity contribution is 5.69. The molecule has 6 heteroatoms. The van der Waals surface area contributed by atoms with Gasteiger partial charge in [-0.25, -0.2) is 0 Å². The van der Waals surface area contributed by atoms with Gasteiger partial charge in [-0.15, -0.1) is 0 Å². The molecule has 0 aliphatic rings. The second kappa shape index (κ2) is 3.90. The Hall–Kier alpha value is -1.56. The van der Waals surface area contributed by atoms with Crippen LogP contribution >= 0.6 is 0 Å². The van der Waals surface area contributed by atoms with Crippen LogP contribution in [0.25, 0.3) is 0 Å².